The van der Waals surface area contributed by atoms with Crippen LogP contribution in [-0.2, 0) is 11.4 Å². The zero-order valence-corrected chi connectivity index (χ0v) is 17.7. The van der Waals surface area contributed by atoms with E-state index in [4.69, 9.17) is 4.74 Å². The van der Waals surface area contributed by atoms with Crippen LogP contribution in [0.3, 0.4) is 0 Å². The van der Waals surface area contributed by atoms with Crippen LogP contribution in [0.1, 0.15) is 11.1 Å². The van der Waals surface area contributed by atoms with E-state index in [0.29, 0.717) is 6.61 Å². The molecular weight excluding hydrogens is 414 g/mol. The van der Waals surface area contributed by atoms with Gasteiger partial charge in [-0.3, -0.25) is 4.79 Å². The van der Waals surface area contributed by atoms with Gasteiger partial charge in [-0.1, -0.05) is 54.2 Å². The maximum Gasteiger partial charge on any atom is 0.250 e. The molecule has 4 rings (SSSR count). The number of aromatic nitrogens is 1. The van der Waals surface area contributed by atoms with Crippen molar-refractivity contribution in [3.63, 3.8) is 0 Å². The van der Waals surface area contributed by atoms with Crippen molar-refractivity contribution in [2.24, 2.45) is 5.10 Å². The highest BCUT2D eigenvalue weighted by Gasteiger charge is 2.07. The number of benzene rings is 3. The zero-order valence-electron chi connectivity index (χ0n) is 16.0. The average Bonchev–Trinajstić information content (AvgIpc) is 3.21. The van der Waals surface area contributed by atoms with E-state index in [-0.39, 0.29) is 11.7 Å². The Morgan fingerprint density at radius 2 is 1.80 bits per heavy atom. The number of thioether (sulfide) groups is 1. The molecule has 0 aliphatic carbocycles. The number of fused-ring (bicyclic) bond motifs is 1. The fourth-order valence-corrected chi connectivity index (χ4v) is 4.50. The molecule has 0 saturated heterocycles. The first kappa shape index (κ1) is 20.1. The predicted octanol–water partition coefficient (Wildman–Crippen LogP) is 5.12. The van der Waals surface area contributed by atoms with E-state index < -0.39 is 0 Å². The van der Waals surface area contributed by atoms with Gasteiger partial charge >= 0.3 is 0 Å². The van der Waals surface area contributed by atoms with Crippen LogP contribution in [-0.4, -0.2) is 22.9 Å². The van der Waals surface area contributed by atoms with Crippen LogP contribution in [0, 0.1) is 0 Å². The lowest BCUT2D eigenvalue weighted by molar-refractivity contribution is -0.118. The summed E-state index contributed by atoms with van der Waals surface area (Å²) < 4.78 is 7.76. The van der Waals surface area contributed by atoms with Gasteiger partial charge in [0.15, 0.2) is 4.34 Å². The lowest BCUT2D eigenvalue weighted by Crippen LogP contribution is -2.19. The van der Waals surface area contributed by atoms with Gasteiger partial charge in [-0.05, 0) is 47.5 Å². The molecule has 0 aliphatic rings. The highest BCUT2D eigenvalue weighted by molar-refractivity contribution is 8.01. The third-order valence-electron chi connectivity index (χ3n) is 4.13. The van der Waals surface area contributed by atoms with Gasteiger partial charge in [-0.25, -0.2) is 10.4 Å². The second kappa shape index (κ2) is 10.0. The summed E-state index contributed by atoms with van der Waals surface area (Å²) in [6.07, 6.45) is 1.61. The summed E-state index contributed by atoms with van der Waals surface area (Å²) in [5, 5.41) is 4.02. The first-order valence-corrected chi connectivity index (χ1v) is 11.1. The molecule has 0 unspecified atom stereocenters. The Balaban J connectivity index is 1.22. The second-order valence-corrected chi connectivity index (χ2v) is 8.63. The van der Waals surface area contributed by atoms with Gasteiger partial charge in [-0.15, -0.1) is 11.3 Å². The van der Waals surface area contributed by atoms with Crippen LogP contribution >= 0.6 is 23.1 Å². The molecule has 1 heterocycles. The van der Waals surface area contributed by atoms with E-state index in [1.165, 1.54) is 11.8 Å². The highest BCUT2D eigenvalue weighted by Crippen LogP contribution is 2.29. The van der Waals surface area contributed by atoms with Crippen molar-refractivity contribution in [3.8, 4) is 5.75 Å². The number of hydrogen-bond donors (Lipinski definition) is 1. The zero-order chi connectivity index (χ0) is 20.6. The number of hydrazone groups is 1. The van der Waals surface area contributed by atoms with Crippen molar-refractivity contribution in [1.29, 1.82) is 0 Å². The molecule has 4 aromatic rings. The van der Waals surface area contributed by atoms with Gasteiger partial charge in [-0.2, -0.15) is 5.10 Å². The molecule has 0 fully saturated rings. The van der Waals surface area contributed by atoms with Crippen molar-refractivity contribution in [3.05, 3.63) is 90.0 Å². The Morgan fingerprint density at radius 3 is 2.60 bits per heavy atom. The molecule has 0 atom stereocenters. The van der Waals surface area contributed by atoms with E-state index in [0.717, 1.165) is 31.4 Å². The van der Waals surface area contributed by atoms with Crippen LogP contribution < -0.4 is 10.2 Å². The summed E-state index contributed by atoms with van der Waals surface area (Å²) in [5.41, 5.74) is 5.51. The summed E-state index contributed by atoms with van der Waals surface area (Å²) in [5.74, 6) is 0.884. The van der Waals surface area contributed by atoms with E-state index in [1.807, 2.05) is 78.9 Å². The number of para-hydroxylation sites is 1. The number of thiazole rings is 1. The van der Waals surface area contributed by atoms with Crippen molar-refractivity contribution in [2.45, 2.75) is 10.9 Å². The van der Waals surface area contributed by atoms with Gasteiger partial charge in [0.25, 0.3) is 5.91 Å². The molecule has 0 bridgehead atoms. The summed E-state index contributed by atoms with van der Waals surface area (Å²) in [6, 6.07) is 25.5. The quantitative estimate of drug-likeness (QED) is 0.238. The molecule has 1 N–H and O–H groups in total. The van der Waals surface area contributed by atoms with Crippen LogP contribution in [0.25, 0.3) is 10.2 Å². The van der Waals surface area contributed by atoms with Gasteiger partial charge in [0.1, 0.15) is 12.4 Å². The standard InChI is InChI=1S/C23H19N3O2S2/c27-22(16-29-23-25-20-8-4-5-9-21(20)30-23)26-24-14-17-10-12-19(13-11-17)28-15-18-6-2-1-3-7-18/h1-14H,15-16H2,(H,26,27)/b24-14-. The minimum Gasteiger partial charge on any atom is -0.489 e. The number of hydrogen-bond acceptors (Lipinski definition) is 6. The number of nitrogens with one attached hydrogen (secondary N) is 1. The van der Waals surface area contributed by atoms with Crippen LogP contribution in [0.4, 0.5) is 0 Å². The molecule has 0 radical (unpaired) electrons. The lowest BCUT2D eigenvalue weighted by Gasteiger charge is -2.06. The molecule has 30 heavy (non-hydrogen) atoms. The number of rotatable bonds is 8. The Morgan fingerprint density at radius 1 is 1.03 bits per heavy atom. The SMILES string of the molecule is O=C(CSc1nc2ccccc2s1)N/N=C\c1ccc(OCc2ccccc2)cc1. The molecule has 150 valence electrons. The van der Waals surface area contributed by atoms with Crippen molar-refractivity contribution >= 4 is 45.4 Å². The summed E-state index contributed by atoms with van der Waals surface area (Å²) in [6.45, 7) is 0.524. The average molecular weight is 434 g/mol. The monoisotopic (exact) mass is 433 g/mol. The van der Waals surface area contributed by atoms with Crippen LogP contribution in [0.2, 0.25) is 0 Å². The van der Waals surface area contributed by atoms with Crippen molar-refractivity contribution in [1.82, 2.24) is 10.4 Å². The summed E-state index contributed by atoms with van der Waals surface area (Å²) in [7, 11) is 0. The molecule has 1 amide bonds. The number of carbonyl (C=O) groups is 1. The molecule has 1 aromatic heterocycles. The smallest absolute Gasteiger partial charge is 0.250 e. The van der Waals surface area contributed by atoms with E-state index >= 15 is 0 Å². The Labute approximate surface area is 182 Å². The maximum absolute atomic E-state index is 12.0. The van der Waals surface area contributed by atoms with E-state index in [2.05, 4.69) is 15.5 Å². The van der Waals surface area contributed by atoms with Gasteiger partial charge < -0.3 is 4.74 Å². The third kappa shape index (κ3) is 5.68. The number of ether oxygens (including phenoxy) is 1. The highest BCUT2D eigenvalue weighted by atomic mass is 32.2. The Bertz CT molecular complexity index is 1110. The fraction of sp³-hybridized carbons (Fsp3) is 0.0870. The molecule has 7 heteroatoms. The van der Waals surface area contributed by atoms with Crippen LogP contribution in [0.5, 0.6) is 5.75 Å². The fourth-order valence-electron chi connectivity index (χ4n) is 2.64. The summed E-state index contributed by atoms with van der Waals surface area (Å²) in [4.78, 5) is 16.5. The predicted molar refractivity (Wildman–Crippen MR) is 123 cm³/mol. The van der Waals surface area contributed by atoms with Crippen molar-refractivity contribution < 1.29 is 9.53 Å². The number of nitrogens with zero attached hydrogens (tertiary/aromatic N) is 2. The Kier molecular flexibility index (Phi) is 6.74. The number of amides is 1. The molecule has 0 aliphatic heterocycles. The first-order valence-electron chi connectivity index (χ1n) is 9.33. The van der Waals surface area contributed by atoms with Gasteiger partial charge in [0, 0.05) is 0 Å². The number of carbonyl (C=O) groups excluding carboxylic acids is 1. The largest absolute Gasteiger partial charge is 0.489 e. The molecule has 0 saturated carbocycles. The summed E-state index contributed by atoms with van der Waals surface area (Å²) >= 11 is 3.00. The van der Waals surface area contributed by atoms with E-state index in [9.17, 15) is 4.79 Å². The van der Waals surface area contributed by atoms with Crippen molar-refractivity contribution in [2.75, 3.05) is 5.75 Å². The van der Waals surface area contributed by atoms with Crippen LogP contribution in [0.15, 0.2) is 88.3 Å². The minimum atomic E-state index is -0.168. The lowest BCUT2D eigenvalue weighted by atomic mass is 10.2. The molecule has 5 nitrogen and oxygen atoms in total. The van der Waals surface area contributed by atoms with Gasteiger partial charge in [0.05, 0.1) is 22.2 Å². The Hall–Kier alpha value is -3.16. The van der Waals surface area contributed by atoms with Gasteiger partial charge in [0.2, 0.25) is 0 Å². The molecule has 0 spiro atoms. The molecular formula is C23H19N3O2S2. The minimum absolute atomic E-state index is 0.168. The third-order valence-corrected chi connectivity index (χ3v) is 6.31. The van der Waals surface area contributed by atoms with E-state index in [1.54, 1.807) is 17.6 Å². The molecule has 3 aromatic carbocycles. The first-order chi connectivity index (χ1) is 14.8. The normalized spacial score (nSPS) is 11.1. The second-order valence-electron chi connectivity index (χ2n) is 6.37. The maximum atomic E-state index is 12.0. The topological polar surface area (TPSA) is 63.6 Å².